The zero-order chi connectivity index (χ0) is 40.4. The number of carboxylic acids is 1. The third-order valence-electron chi connectivity index (χ3n) is 9.28. The van der Waals surface area contributed by atoms with Crippen molar-refractivity contribution in [2.75, 3.05) is 37.7 Å². The van der Waals surface area contributed by atoms with Crippen LogP contribution in [-0.4, -0.2) is 154 Å². The maximum absolute atomic E-state index is 13.9. The number of hydrogen-bond acceptors (Lipinski definition) is 20. The molecule has 0 unspecified atom stereocenters. The number of nitrogens with zero attached hydrogens (tertiary/aromatic N) is 2. The van der Waals surface area contributed by atoms with E-state index in [0.29, 0.717) is 77.4 Å². The standard InChI is InChI=1S/C32H59N11O9S2/c1-18(45)25(30(50)37-19(15-44)16-53)41-39-20(7-2-3-11-33)26(46)28(48)23-9-5-13-42(23)43-14-6-10-24(43)29(49)27(47)21(8-4-12-36-32(34)35)38-40-22(17-54)31(51)52/h15,18-25,32,36,38-41,45,53-54H,2-14,16-17,33-35H2,1H3,(H,37,50)(H,51,52)/t18-,19-,20+,21+,22+,23+,24+,25+/m1/s1. The van der Waals surface area contributed by atoms with E-state index in [1.807, 2.05) is 0 Å². The van der Waals surface area contributed by atoms with Crippen molar-refractivity contribution in [3.63, 3.8) is 0 Å². The summed E-state index contributed by atoms with van der Waals surface area (Å²) in [6.45, 7) is 2.73. The molecule has 0 bridgehead atoms. The first-order chi connectivity index (χ1) is 25.7. The van der Waals surface area contributed by atoms with Crippen LogP contribution in [0.1, 0.15) is 64.7 Å². The van der Waals surface area contributed by atoms with E-state index in [-0.39, 0.29) is 24.3 Å². The Kier molecular flexibility index (Phi) is 22.0. The first kappa shape index (κ1) is 47.7. The number of nitrogens with two attached hydrogens (primary N) is 3. The number of hydrazine groups is 3. The van der Waals surface area contributed by atoms with Crippen LogP contribution in [0, 0.1) is 0 Å². The molecule has 8 atom stereocenters. The topological polar surface area (TPSA) is 317 Å². The molecule has 54 heavy (non-hydrogen) atoms. The number of ketones is 4. The van der Waals surface area contributed by atoms with Gasteiger partial charge in [-0.1, -0.05) is 6.42 Å². The van der Waals surface area contributed by atoms with E-state index in [0.717, 1.165) is 0 Å². The molecule has 14 N–H and O–H groups in total. The van der Waals surface area contributed by atoms with E-state index in [4.69, 9.17) is 17.2 Å². The fourth-order valence-electron chi connectivity index (χ4n) is 6.31. The predicted octanol–water partition coefficient (Wildman–Crippen LogP) is -4.52. The van der Waals surface area contributed by atoms with Gasteiger partial charge in [0.15, 0.2) is 0 Å². The first-order valence-corrected chi connectivity index (χ1v) is 19.5. The van der Waals surface area contributed by atoms with Crippen LogP contribution in [0.5, 0.6) is 0 Å². The Bertz CT molecular complexity index is 1270. The second-order valence-electron chi connectivity index (χ2n) is 13.4. The van der Waals surface area contributed by atoms with Gasteiger partial charge in [-0.3, -0.25) is 34.1 Å². The number of amides is 1. The molecule has 1 amide bonds. The van der Waals surface area contributed by atoms with E-state index < -0.39 is 89.7 Å². The van der Waals surface area contributed by atoms with E-state index in [9.17, 15) is 43.8 Å². The average Bonchev–Trinajstić information content (AvgIpc) is 3.83. The Hall–Kier alpha value is -2.45. The van der Waals surface area contributed by atoms with Gasteiger partial charge in [-0.2, -0.15) is 25.3 Å². The number of aliphatic hydroxyl groups is 1. The SMILES string of the molecule is C[C@@H](O)[C@H](NN[C@@H](CCCCN)C(=O)C(=O)[C@@H]1CCCN1N1CCC[C@H]1C(=O)C(=O)[C@H](CCCNC(N)N)NN[C@@H](CS)C(=O)O)C(=O)N[C@H](C=O)CS. The van der Waals surface area contributed by atoms with Crippen LogP contribution in [0.25, 0.3) is 0 Å². The lowest BCUT2D eigenvalue weighted by molar-refractivity contribution is -0.151. The van der Waals surface area contributed by atoms with E-state index in [2.05, 4.69) is 57.6 Å². The summed E-state index contributed by atoms with van der Waals surface area (Å²) in [5, 5.41) is 28.4. The van der Waals surface area contributed by atoms with Gasteiger partial charge < -0.3 is 37.5 Å². The van der Waals surface area contributed by atoms with Gasteiger partial charge in [0.1, 0.15) is 24.7 Å². The van der Waals surface area contributed by atoms with Crippen molar-refractivity contribution < 1.29 is 43.8 Å². The highest BCUT2D eigenvalue weighted by molar-refractivity contribution is 7.80. The zero-order valence-corrected chi connectivity index (χ0v) is 32.4. The third-order valence-corrected chi connectivity index (χ3v) is 10.0. The molecule has 20 nitrogen and oxygen atoms in total. The van der Waals surface area contributed by atoms with Gasteiger partial charge in [0.05, 0.1) is 36.3 Å². The summed E-state index contributed by atoms with van der Waals surface area (Å²) in [6, 6.07) is -7.39. The number of nitrogens with one attached hydrogen (secondary N) is 6. The summed E-state index contributed by atoms with van der Waals surface area (Å²) in [4.78, 5) is 90.9. The third kappa shape index (κ3) is 14.6. The summed E-state index contributed by atoms with van der Waals surface area (Å²) >= 11 is 8.05. The minimum atomic E-state index is -1.29. The molecule has 22 heteroatoms. The highest BCUT2D eigenvalue weighted by atomic mass is 32.1. The predicted molar refractivity (Wildman–Crippen MR) is 205 cm³/mol. The summed E-state index contributed by atoms with van der Waals surface area (Å²) < 4.78 is 0. The lowest BCUT2D eigenvalue weighted by Crippen LogP contribution is -2.61. The van der Waals surface area contributed by atoms with Crippen LogP contribution in [0.4, 0.5) is 0 Å². The Balaban J connectivity index is 2.23. The number of carboxylic acid groups (broad SMARTS) is 1. The largest absolute Gasteiger partial charge is 0.480 e. The number of aldehydes is 1. The van der Waals surface area contributed by atoms with Crippen LogP contribution in [-0.2, 0) is 33.6 Å². The molecule has 2 rings (SSSR count). The fourth-order valence-corrected chi connectivity index (χ4v) is 6.73. The maximum Gasteiger partial charge on any atom is 0.322 e. The van der Waals surface area contributed by atoms with Crippen LogP contribution >= 0.6 is 25.3 Å². The summed E-state index contributed by atoms with van der Waals surface area (Å²) in [5.41, 5.74) is 27.4. The van der Waals surface area contributed by atoms with E-state index in [1.165, 1.54) is 6.92 Å². The minimum absolute atomic E-state index is 0.0280. The van der Waals surface area contributed by atoms with Crippen molar-refractivity contribution in [1.82, 2.24) is 42.4 Å². The number of carbonyl (C=O) groups excluding carboxylic acids is 6. The summed E-state index contributed by atoms with van der Waals surface area (Å²) in [7, 11) is 0. The van der Waals surface area contributed by atoms with Crippen LogP contribution in [0.2, 0.25) is 0 Å². The number of hydrogen-bond donors (Lipinski definition) is 13. The molecule has 2 aliphatic heterocycles. The molecule has 2 aliphatic rings. The Morgan fingerprint density at radius 3 is 1.78 bits per heavy atom. The molecule has 0 aromatic heterocycles. The van der Waals surface area contributed by atoms with Gasteiger partial charge in [-0.25, -0.2) is 31.7 Å². The van der Waals surface area contributed by atoms with Crippen molar-refractivity contribution in [1.29, 1.82) is 0 Å². The lowest BCUT2D eigenvalue weighted by Gasteiger charge is -2.36. The molecule has 308 valence electrons. The van der Waals surface area contributed by atoms with Gasteiger partial charge in [0.2, 0.25) is 29.0 Å². The number of aliphatic carboxylic acids is 1. The number of rotatable bonds is 29. The zero-order valence-electron chi connectivity index (χ0n) is 30.7. The smallest absolute Gasteiger partial charge is 0.322 e. The quantitative estimate of drug-likeness (QED) is 0.00846. The summed E-state index contributed by atoms with van der Waals surface area (Å²) in [6.07, 6.45) is 1.88. The van der Waals surface area contributed by atoms with E-state index >= 15 is 0 Å². The molecule has 0 aliphatic carbocycles. The Morgan fingerprint density at radius 1 is 0.815 bits per heavy atom. The Labute approximate surface area is 326 Å². The van der Waals surface area contributed by atoms with Gasteiger partial charge in [0, 0.05) is 24.6 Å². The second kappa shape index (κ2) is 24.9. The molecule has 0 spiro atoms. The van der Waals surface area contributed by atoms with E-state index in [1.54, 1.807) is 10.0 Å². The molecule has 0 aromatic carbocycles. The minimum Gasteiger partial charge on any atom is -0.480 e. The van der Waals surface area contributed by atoms with Crippen molar-refractivity contribution in [3.05, 3.63) is 0 Å². The number of carbonyl (C=O) groups is 7. The first-order valence-electron chi connectivity index (χ1n) is 18.3. The highest BCUT2D eigenvalue weighted by Crippen LogP contribution is 2.29. The van der Waals surface area contributed by atoms with Gasteiger partial charge in [0.25, 0.3) is 0 Å². The van der Waals surface area contributed by atoms with Crippen LogP contribution < -0.4 is 49.5 Å². The number of aliphatic hydroxyl groups excluding tert-OH is 1. The summed E-state index contributed by atoms with van der Waals surface area (Å²) in [5.74, 6) is -4.99. The molecule has 2 saturated heterocycles. The molecule has 2 heterocycles. The lowest BCUT2D eigenvalue weighted by atomic mass is 9.97. The van der Waals surface area contributed by atoms with Crippen molar-refractivity contribution >= 4 is 66.6 Å². The highest BCUT2D eigenvalue weighted by Gasteiger charge is 2.46. The molecular formula is C32H59N11O9S2. The number of Topliss-reactive ketones (excluding diaryl/α,β-unsaturated/α-hetero) is 4. The van der Waals surface area contributed by atoms with Crippen LogP contribution in [0.15, 0.2) is 0 Å². The maximum atomic E-state index is 13.9. The van der Waals surface area contributed by atoms with Gasteiger partial charge in [-0.15, -0.1) is 0 Å². The van der Waals surface area contributed by atoms with Crippen molar-refractivity contribution in [2.45, 2.75) is 119 Å². The Morgan fingerprint density at radius 2 is 1.33 bits per heavy atom. The fraction of sp³-hybridized carbons (Fsp3) is 0.781. The second-order valence-corrected chi connectivity index (χ2v) is 14.1. The average molecular weight is 806 g/mol. The molecule has 0 aromatic rings. The van der Waals surface area contributed by atoms with Crippen molar-refractivity contribution in [3.8, 4) is 0 Å². The van der Waals surface area contributed by atoms with Gasteiger partial charge >= 0.3 is 5.97 Å². The number of unbranched alkanes of at least 4 members (excludes halogenated alkanes) is 1. The molecule has 0 saturated carbocycles. The molecule has 0 radical (unpaired) electrons. The number of thiol groups is 2. The normalized spacial score (nSPS) is 21.3. The monoisotopic (exact) mass is 805 g/mol. The molecule has 2 fully saturated rings. The van der Waals surface area contributed by atoms with Crippen LogP contribution in [0.3, 0.4) is 0 Å². The molecular weight excluding hydrogens is 747 g/mol. The van der Waals surface area contributed by atoms with Crippen molar-refractivity contribution in [2.24, 2.45) is 17.2 Å². The van der Waals surface area contributed by atoms with Gasteiger partial charge in [-0.05, 0) is 71.4 Å².